The van der Waals surface area contributed by atoms with Crippen LogP contribution in [0.3, 0.4) is 0 Å². The van der Waals surface area contributed by atoms with Crippen LogP contribution in [0, 0.1) is 0 Å². The van der Waals surface area contributed by atoms with Crippen molar-refractivity contribution in [3.63, 3.8) is 0 Å². The van der Waals surface area contributed by atoms with Gasteiger partial charge in [-0.2, -0.15) is 0 Å². The number of hydrogen-bond donors (Lipinski definition) is 3. The number of carbonyl (C=O) groups is 1. The van der Waals surface area contributed by atoms with Crippen LogP contribution in [0.5, 0.6) is 0 Å². The first-order chi connectivity index (χ1) is 12.6. The second-order valence-corrected chi connectivity index (χ2v) is 6.10. The van der Waals surface area contributed by atoms with E-state index in [0.717, 1.165) is 25.7 Å². The van der Waals surface area contributed by atoms with Gasteiger partial charge in [0.05, 0.1) is 12.2 Å². The van der Waals surface area contributed by atoms with Crippen molar-refractivity contribution in [2.24, 2.45) is 0 Å². The number of aliphatic carboxylic acids is 1. The van der Waals surface area contributed by atoms with Crippen LogP contribution >= 0.6 is 0 Å². The number of aliphatic hydroxyl groups is 2. The number of hydrogen-bond acceptors (Lipinski definition) is 3. The van der Waals surface area contributed by atoms with Gasteiger partial charge in [0.25, 0.3) is 0 Å². The third-order valence-electron chi connectivity index (χ3n) is 3.60. The smallest absolute Gasteiger partial charge is 0.303 e. The molecule has 0 radical (unpaired) electrons. The summed E-state index contributed by atoms with van der Waals surface area (Å²) in [5.41, 5.74) is 0. The zero-order valence-electron chi connectivity index (χ0n) is 15.8. The van der Waals surface area contributed by atoms with Gasteiger partial charge in [-0.25, -0.2) is 0 Å². The van der Waals surface area contributed by atoms with Crippen LogP contribution in [0.25, 0.3) is 0 Å². The molecule has 0 aliphatic carbocycles. The predicted molar refractivity (Wildman–Crippen MR) is 108 cm³/mol. The van der Waals surface area contributed by atoms with E-state index in [-0.39, 0.29) is 6.42 Å². The largest absolute Gasteiger partial charge is 0.481 e. The first-order valence-electron chi connectivity index (χ1n) is 9.45. The standard InChI is InChI=1S/C22H34O4/c1-2-3-10-15-20(23)16-11-7-5-4-6-8-12-17-21(24)18-13-9-14-19-22(25)26/h3,5-8,10-12,16-17,20-21,23-24H,2,4,9,13-15,18-19H2,1H3,(H,25,26)/b7-5-,8-6+,10-3-,16-11+,17-12-/t20-,21+/m0/s1. The van der Waals surface area contributed by atoms with E-state index in [4.69, 9.17) is 5.11 Å². The first-order valence-corrected chi connectivity index (χ1v) is 9.45. The van der Waals surface area contributed by atoms with Crippen molar-refractivity contribution in [1.82, 2.24) is 0 Å². The summed E-state index contributed by atoms with van der Waals surface area (Å²) in [5.74, 6) is -0.763. The topological polar surface area (TPSA) is 77.8 Å². The molecule has 146 valence electrons. The molecule has 0 saturated heterocycles. The third-order valence-corrected chi connectivity index (χ3v) is 3.60. The van der Waals surface area contributed by atoms with E-state index in [1.54, 1.807) is 12.2 Å². The normalized spacial score (nSPS) is 15.2. The van der Waals surface area contributed by atoms with E-state index in [1.807, 2.05) is 48.6 Å². The average molecular weight is 363 g/mol. The Morgan fingerprint density at radius 3 is 2.12 bits per heavy atom. The van der Waals surface area contributed by atoms with Gasteiger partial charge in [-0.1, -0.05) is 80.5 Å². The summed E-state index contributed by atoms with van der Waals surface area (Å²) in [7, 11) is 0. The van der Waals surface area contributed by atoms with Crippen molar-refractivity contribution in [3.8, 4) is 0 Å². The van der Waals surface area contributed by atoms with E-state index in [2.05, 4.69) is 6.92 Å². The van der Waals surface area contributed by atoms with Gasteiger partial charge < -0.3 is 15.3 Å². The second-order valence-electron chi connectivity index (χ2n) is 6.10. The summed E-state index contributed by atoms with van der Waals surface area (Å²) in [6, 6.07) is 0. The minimum atomic E-state index is -0.763. The van der Waals surface area contributed by atoms with Crippen molar-refractivity contribution < 1.29 is 20.1 Å². The summed E-state index contributed by atoms with van der Waals surface area (Å²) in [4.78, 5) is 10.4. The van der Waals surface area contributed by atoms with Crippen molar-refractivity contribution in [1.29, 1.82) is 0 Å². The van der Waals surface area contributed by atoms with E-state index in [0.29, 0.717) is 19.3 Å². The summed E-state index contributed by atoms with van der Waals surface area (Å²) >= 11 is 0. The Morgan fingerprint density at radius 1 is 0.846 bits per heavy atom. The van der Waals surface area contributed by atoms with Crippen LogP contribution in [0.2, 0.25) is 0 Å². The first kappa shape index (κ1) is 24.1. The summed E-state index contributed by atoms with van der Waals surface area (Å²) in [5, 5.41) is 28.0. The maximum atomic E-state index is 10.4. The fraction of sp³-hybridized carbons (Fsp3) is 0.500. The molecule has 0 fully saturated rings. The molecule has 0 aromatic rings. The second kappa shape index (κ2) is 17.9. The SMILES string of the molecule is CC/C=C\C[C@H](O)/C=C/C=C\C/C=C/C=C\[C@@H](O)CCCCCC(=O)O. The van der Waals surface area contributed by atoms with Crippen LogP contribution in [-0.4, -0.2) is 33.5 Å². The molecule has 0 unspecified atom stereocenters. The van der Waals surface area contributed by atoms with Crippen molar-refractivity contribution in [3.05, 3.63) is 60.8 Å². The summed E-state index contributed by atoms with van der Waals surface area (Å²) in [6.07, 6.45) is 23.7. The molecule has 0 aliphatic heterocycles. The molecular formula is C22H34O4. The van der Waals surface area contributed by atoms with Gasteiger partial charge in [-0.15, -0.1) is 0 Å². The quantitative estimate of drug-likeness (QED) is 0.224. The molecule has 0 rings (SSSR count). The number of unbranched alkanes of at least 4 members (excludes halogenated alkanes) is 2. The van der Waals surface area contributed by atoms with Gasteiger partial charge >= 0.3 is 5.97 Å². The lowest BCUT2D eigenvalue weighted by molar-refractivity contribution is -0.137. The predicted octanol–water partition coefficient (Wildman–Crippen LogP) is 4.71. The monoisotopic (exact) mass is 362 g/mol. The lowest BCUT2D eigenvalue weighted by Gasteiger charge is -2.03. The highest BCUT2D eigenvalue weighted by Crippen LogP contribution is 2.07. The van der Waals surface area contributed by atoms with Gasteiger partial charge in [0, 0.05) is 6.42 Å². The molecule has 0 aromatic heterocycles. The highest BCUT2D eigenvalue weighted by molar-refractivity contribution is 5.66. The highest BCUT2D eigenvalue weighted by Gasteiger charge is 2.00. The Morgan fingerprint density at radius 2 is 1.50 bits per heavy atom. The molecule has 0 saturated carbocycles. The molecule has 0 spiro atoms. The van der Waals surface area contributed by atoms with Crippen LogP contribution in [0.4, 0.5) is 0 Å². The lowest BCUT2D eigenvalue weighted by Crippen LogP contribution is -2.01. The van der Waals surface area contributed by atoms with Crippen LogP contribution in [0.15, 0.2) is 60.8 Å². The average Bonchev–Trinajstić information content (AvgIpc) is 2.60. The van der Waals surface area contributed by atoms with Crippen LogP contribution in [0.1, 0.15) is 58.3 Å². The zero-order chi connectivity index (χ0) is 19.5. The molecule has 0 amide bonds. The molecule has 0 heterocycles. The Bertz CT molecular complexity index is 486. The van der Waals surface area contributed by atoms with Gasteiger partial charge in [-0.05, 0) is 32.1 Å². The maximum absolute atomic E-state index is 10.4. The zero-order valence-corrected chi connectivity index (χ0v) is 15.8. The van der Waals surface area contributed by atoms with E-state index >= 15 is 0 Å². The number of carboxylic acid groups (broad SMARTS) is 1. The van der Waals surface area contributed by atoms with Crippen molar-refractivity contribution in [2.75, 3.05) is 0 Å². The van der Waals surface area contributed by atoms with Gasteiger partial charge in [0.15, 0.2) is 0 Å². The van der Waals surface area contributed by atoms with Gasteiger partial charge in [0.2, 0.25) is 0 Å². The maximum Gasteiger partial charge on any atom is 0.303 e. The molecule has 26 heavy (non-hydrogen) atoms. The van der Waals surface area contributed by atoms with Gasteiger partial charge in [0.1, 0.15) is 0 Å². The molecule has 3 N–H and O–H groups in total. The Kier molecular flexibility index (Phi) is 16.6. The van der Waals surface area contributed by atoms with Crippen molar-refractivity contribution in [2.45, 2.75) is 70.5 Å². The Labute approximate surface area is 157 Å². The lowest BCUT2D eigenvalue weighted by atomic mass is 10.1. The minimum absolute atomic E-state index is 0.201. The third kappa shape index (κ3) is 18.4. The fourth-order valence-corrected chi connectivity index (χ4v) is 2.16. The summed E-state index contributed by atoms with van der Waals surface area (Å²) in [6.45, 7) is 2.07. The number of allylic oxidation sites excluding steroid dienone is 7. The van der Waals surface area contributed by atoms with E-state index in [9.17, 15) is 15.0 Å². The van der Waals surface area contributed by atoms with E-state index < -0.39 is 18.2 Å². The van der Waals surface area contributed by atoms with E-state index in [1.165, 1.54) is 0 Å². The molecule has 2 atom stereocenters. The Hall–Kier alpha value is -1.91. The molecule has 0 aliphatic rings. The molecule has 0 aromatic carbocycles. The Balaban J connectivity index is 3.76. The molecule has 0 bridgehead atoms. The number of rotatable bonds is 15. The fourth-order valence-electron chi connectivity index (χ4n) is 2.16. The summed E-state index contributed by atoms with van der Waals surface area (Å²) < 4.78 is 0. The van der Waals surface area contributed by atoms with Crippen LogP contribution < -0.4 is 0 Å². The number of carboxylic acids is 1. The molecule has 4 heteroatoms. The minimum Gasteiger partial charge on any atom is -0.481 e. The highest BCUT2D eigenvalue weighted by atomic mass is 16.4. The van der Waals surface area contributed by atoms with Gasteiger partial charge in [-0.3, -0.25) is 4.79 Å². The molecule has 4 nitrogen and oxygen atoms in total. The van der Waals surface area contributed by atoms with Crippen LogP contribution in [-0.2, 0) is 4.79 Å². The number of aliphatic hydroxyl groups excluding tert-OH is 2. The van der Waals surface area contributed by atoms with Crippen molar-refractivity contribution >= 4 is 5.97 Å². The molecular weight excluding hydrogens is 328 g/mol.